The monoisotopic (exact) mass is 460 g/mol. The Kier molecular flexibility index (Phi) is 6.66. The van der Waals surface area contributed by atoms with Crippen LogP contribution in [0, 0.1) is 29.1 Å². The van der Waals surface area contributed by atoms with Gasteiger partial charge in [0.15, 0.2) is 5.60 Å². The van der Waals surface area contributed by atoms with Gasteiger partial charge in [-0.15, -0.1) is 0 Å². The number of rotatable bonds is 3. The summed E-state index contributed by atoms with van der Waals surface area (Å²) in [7, 11) is 0. The van der Waals surface area contributed by atoms with Crippen LogP contribution in [0.15, 0.2) is 23.3 Å². The quantitative estimate of drug-likeness (QED) is 0.357. The van der Waals surface area contributed by atoms with E-state index in [1.165, 1.54) is 20.8 Å². The zero-order valence-electron chi connectivity index (χ0n) is 20.9. The minimum absolute atomic E-state index is 0.0487. The zero-order chi connectivity index (χ0) is 24.9. The molecule has 0 bridgehead atoms. The molecule has 182 valence electrons. The van der Waals surface area contributed by atoms with E-state index < -0.39 is 29.6 Å². The zero-order valence-corrected chi connectivity index (χ0v) is 20.9. The lowest BCUT2D eigenvalue weighted by Crippen LogP contribution is -2.48. The molecule has 0 amide bonds. The standard InChI is InChI=1S/C26H36O7/c1-13-9-20-23(32-17(5)28)15(3)12-26(20,33-18(6)29)24(30)14(2)11-19-22(25(19,7)8)21(10-13)31-16(4)27/h9,11,15,19-23H,10,12H2,1-8H3/b13-9+,14-11+/t15?,19-,20+,21-,22-,23+,26?/m1/s1. The van der Waals surface area contributed by atoms with Crippen LogP contribution in [0.3, 0.4) is 0 Å². The maximum atomic E-state index is 13.9. The molecular weight excluding hydrogens is 424 g/mol. The first-order valence-corrected chi connectivity index (χ1v) is 11.6. The van der Waals surface area contributed by atoms with Crippen LogP contribution in [0.2, 0.25) is 0 Å². The fourth-order valence-electron chi connectivity index (χ4n) is 6.19. The van der Waals surface area contributed by atoms with Gasteiger partial charge in [0.25, 0.3) is 0 Å². The highest BCUT2D eigenvalue weighted by Gasteiger charge is 2.63. The Bertz CT molecular complexity index is 927. The van der Waals surface area contributed by atoms with Crippen molar-refractivity contribution in [2.24, 2.45) is 29.1 Å². The van der Waals surface area contributed by atoms with Gasteiger partial charge in [0, 0.05) is 39.5 Å². The van der Waals surface area contributed by atoms with Crippen LogP contribution in [-0.4, -0.2) is 41.5 Å². The summed E-state index contributed by atoms with van der Waals surface area (Å²) in [5.41, 5.74) is -0.198. The normalized spacial score (nSPS) is 40.5. The highest BCUT2D eigenvalue weighted by molar-refractivity contribution is 6.03. The molecule has 0 aromatic heterocycles. The number of hydrogen-bond donors (Lipinski definition) is 0. The molecular formula is C26H36O7. The van der Waals surface area contributed by atoms with E-state index in [0.717, 1.165) is 5.57 Å². The first kappa shape index (κ1) is 25.2. The van der Waals surface area contributed by atoms with Gasteiger partial charge >= 0.3 is 17.9 Å². The maximum Gasteiger partial charge on any atom is 0.303 e. The number of hydrogen-bond acceptors (Lipinski definition) is 7. The SMILES string of the molecule is CC(=O)O[C@@H]1C/C(C)=C/[C@H]2[C@@H](OC(C)=O)C(C)CC2(OC(C)=O)C(=O)/C(C)=C/[C@@H]2[C@H]1C2(C)C. The van der Waals surface area contributed by atoms with Crippen LogP contribution in [0.5, 0.6) is 0 Å². The molecule has 3 aliphatic rings. The van der Waals surface area contributed by atoms with Gasteiger partial charge in [-0.25, -0.2) is 0 Å². The van der Waals surface area contributed by atoms with Gasteiger partial charge in [-0.3, -0.25) is 19.2 Å². The van der Waals surface area contributed by atoms with Crippen molar-refractivity contribution in [3.63, 3.8) is 0 Å². The van der Waals surface area contributed by atoms with E-state index in [9.17, 15) is 19.2 Å². The van der Waals surface area contributed by atoms with Crippen molar-refractivity contribution >= 4 is 23.7 Å². The van der Waals surface area contributed by atoms with E-state index in [1.807, 2.05) is 26.0 Å². The molecule has 0 heterocycles. The van der Waals surface area contributed by atoms with Gasteiger partial charge in [-0.1, -0.05) is 38.5 Å². The molecule has 0 radical (unpaired) electrons. The van der Waals surface area contributed by atoms with Crippen LogP contribution in [0.4, 0.5) is 0 Å². The van der Waals surface area contributed by atoms with Gasteiger partial charge < -0.3 is 14.2 Å². The third kappa shape index (κ3) is 4.64. The third-order valence-electron chi connectivity index (χ3n) is 7.58. The van der Waals surface area contributed by atoms with E-state index in [2.05, 4.69) is 13.8 Å². The molecule has 7 heteroatoms. The molecule has 0 saturated heterocycles. The molecule has 0 aromatic rings. The van der Waals surface area contributed by atoms with E-state index in [4.69, 9.17) is 14.2 Å². The number of esters is 3. The predicted octanol–water partition coefficient (Wildman–Crippen LogP) is 3.95. The van der Waals surface area contributed by atoms with Gasteiger partial charge in [0.2, 0.25) is 5.78 Å². The molecule has 2 unspecified atom stereocenters. The summed E-state index contributed by atoms with van der Waals surface area (Å²) < 4.78 is 17.2. The van der Waals surface area contributed by atoms with E-state index in [0.29, 0.717) is 12.0 Å². The lowest BCUT2D eigenvalue weighted by Gasteiger charge is -2.34. The number of fused-ring (bicyclic) bond motifs is 2. The number of ether oxygens (including phenoxy) is 3. The van der Waals surface area contributed by atoms with Crippen molar-refractivity contribution in [1.82, 2.24) is 0 Å². The van der Waals surface area contributed by atoms with E-state index in [1.54, 1.807) is 6.92 Å². The van der Waals surface area contributed by atoms with Crippen molar-refractivity contribution < 1.29 is 33.4 Å². The molecule has 2 fully saturated rings. The largest absolute Gasteiger partial charge is 0.462 e. The highest BCUT2D eigenvalue weighted by Crippen LogP contribution is 2.63. The summed E-state index contributed by atoms with van der Waals surface area (Å²) in [6.45, 7) is 13.8. The first-order valence-electron chi connectivity index (χ1n) is 11.6. The molecule has 0 spiro atoms. The summed E-state index contributed by atoms with van der Waals surface area (Å²) in [5.74, 6) is -2.34. The summed E-state index contributed by atoms with van der Waals surface area (Å²) >= 11 is 0. The fraction of sp³-hybridized carbons (Fsp3) is 0.692. The van der Waals surface area contributed by atoms with Gasteiger partial charge in [-0.05, 0) is 36.7 Å². The Morgan fingerprint density at radius 2 is 1.55 bits per heavy atom. The van der Waals surface area contributed by atoms with Gasteiger partial charge in [-0.2, -0.15) is 0 Å². The molecule has 3 rings (SSSR count). The highest BCUT2D eigenvalue weighted by atomic mass is 16.6. The molecule has 7 atom stereocenters. The lowest BCUT2D eigenvalue weighted by atomic mass is 9.81. The van der Waals surface area contributed by atoms with Crippen LogP contribution < -0.4 is 0 Å². The number of ketones is 1. The first-order chi connectivity index (χ1) is 15.2. The van der Waals surface area contributed by atoms with Crippen molar-refractivity contribution in [1.29, 1.82) is 0 Å². The van der Waals surface area contributed by atoms with Crippen LogP contribution in [0.1, 0.15) is 68.2 Å². The summed E-state index contributed by atoms with van der Waals surface area (Å²) in [4.78, 5) is 49.9. The van der Waals surface area contributed by atoms with Gasteiger partial charge in [0.05, 0.1) is 5.92 Å². The smallest absolute Gasteiger partial charge is 0.303 e. The number of allylic oxidation sites excluding steroid dienone is 1. The predicted molar refractivity (Wildman–Crippen MR) is 121 cm³/mol. The van der Waals surface area contributed by atoms with Crippen molar-refractivity contribution in [2.75, 3.05) is 0 Å². The number of carbonyl (C=O) groups is 4. The lowest BCUT2D eigenvalue weighted by molar-refractivity contribution is -0.169. The molecule has 0 aromatic carbocycles. The molecule has 7 nitrogen and oxygen atoms in total. The van der Waals surface area contributed by atoms with Crippen LogP contribution in [0.25, 0.3) is 0 Å². The Morgan fingerprint density at radius 3 is 2.09 bits per heavy atom. The molecule has 33 heavy (non-hydrogen) atoms. The van der Waals surface area contributed by atoms with E-state index in [-0.39, 0.29) is 47.4 Å². The minimum atomic E-state index is -1.46. The topological polar surface area (TPSA) is 96.0 Å². The average Bonchev–Trinajstić information content (AvgIpc) is 3.10. The fourth-order valence-corrected chi connectivity index (χ4v) is 6.19. The van der Waals surface area contributed by atoms with Crippen molar-refractivity contribution in [3.05, 3.63) is 23.3 Å². The summed E-state index contributed by atoms with van der Waals surface area (Å²) in [6, 6.07) is 0. The van der Waals surface area contributed by atoms with Crippen molar-refractivity contribution in [2.45, 2.75) is 86.0 Å². The molecule has 0 aliphatic heterocycles. The second-order valence-electron chi connectivity index (χ2n) is 10.7. The number of carbonyl (C=O) groups excluding carboxylic acids is 4. The average molecular weight is 461 g/mol. The van der Waals surface area contributed by atoms with Crippen LogP contribution in [-0.2, 0) is 33.4 Å². The van der Waals surface area contributed by atoms with Crippen LogP contribution >= 0.6 is 0 Å². The molecule has 2 saturated carbocycles. The van der Waals surface area contributed by atoms with Gasteiger partial charge in [0.1, 0.15) is 12.2 Å². The summed E-state index contributed by atoms with van der Waals surface area (Å²) in [5, 5.41) is 0. The Morgan fingerprint density at radius 1 is 0.939 bits per heavy atom. The summed E-state index contributed by atoms with van der Waals surface area (Å²) in [6.07, 6.45) is 3.61. The third-order valence-corrected chi connectivity index (χ3v) is 7.58. The Balaban J connectivity index is 2.18. The second-order valence-corrected chi connectivity index (χ2v) is 10.7. The maximum absolute atomic E-state index is 13.9. The van der Waals surface area contributed by atoms with Crippen molar-refractivity contribution in [3.8, 4) is 0 Å². The molecule has 3 aliphatic carbocycles. The second kappa shape index (κ2) is 8.73. The minimum Gasteiger partial charge on any atom is -0.462 e. The van der Waals surface area contributed by atoms with E-state index >= 15 is 0 Å². The molecule has 0 N–H and O–H groups in total. The Hall–Kier alpha value is -2.44. The number of Topliss-reactive ketones (excluding diaryl/α,β-unsaturated/α-hetero) is 1. The Labute approximate surface area is 195 Å².